The van der Waals surface area contributed by atoms with Crippen molar-refractivity contribution in [2.45, 2.75) is 6.92 Å². The van der Waals surface area contributed by atoms with Gasteiger partial charge in [0.05, 0.1) is 22.0 Å². The maximum Gasteiger partial charge on any atom is 0.257 e. The average molecular weight is 393 g/mol. The van der Waals surface area contributed by atoms with Gasteiger partial charge in [0.15, 0.2) is 0 Å². The Balaban J connectivity index is 1.70. The normalized spacial score (nSPS) is 15.1. The molecule has 0 bridgehead atoms. The van der Waals surface area contributed by atoms with E-state index in [-0.39, 0.29) is 5.91 Å². The summed E-state index contributed by atoms with van der Waals surface area (Å²) in [4.78, 5) is 17.1. The fraction of sp³-hybridized carbons (Fsp3) is 0.316. The summed E-state index contributed by atoms with van der Waals surface area (Å²) < 4.78 is 0. The lowest BCUT2D eigenvalue weighted by molar-refractivity contribution is 0.102. The molecule has 1 saturated heterocycles. The number of carbonyl (C=O) groups excluding carboxylic acids is 1. The Kier molecular flexibility index (Phi) is 5.91. The smallest absolute Gasteiger partial charge is 0.257 e. The number of piperazine rings is 1. The molecule has 2 aromatic carbocycles. The quantitative estimate of drug-likeness (QED) is 0.772. The second-order valence-corrected chi connectivity index (χ2v) is 7.12. The van der Waals surface area contributed by atoms with Crippen molar-refractivity contribution in [3.63, 3.8) is 0 Å². The van der Waals surface area contributed by atoms with Crippen LogP contribution in [0.3, 0.4) is 0 Å². The summed E-state index contributed by atoms with van der Waals surface area (Å²) in [5, 5.41) is 3.63. The lowest BCUT2D eigenvalue weighted by atomic mass is 10.1. The molecule has 1 fully saturated rings. The highest BCUT2D eigenvalue weighted by Crippen LogP contribution is 2.28. The predicted molar refractivity (Wildman–Crippen MR) is 110 cm³/mol. The van der Waals surface area contributed by atoms with Crippen LogP contribution in [0, 0.1) is 0 Å². The molecule has 0 aliphatic carbocycles. The van der Waals surface area contributed by atoms with E-state index in [1.165, 1.54) is 0 Å². The number of nitrogens with one attached hydrogen (secondary N) is 1. The van der Waals surface area contributed by atoms with Crippen LogP contribution in [0.4, 0.5) is 17.1 Å². The molecule has 138 valence electrons. The second kappa shape index (κ2) is 8.16. The van der Waals surface area contributed by atoms with Crippen molar-refractivity contribution in [2.24, 2.45) is 0 Å². The number of anilines is 3. The Hall–Kier alpha value is -1.95. The second-order valence-electron chi connectivity index (χ2n) is 6.27. The molecule has 26 heavy (non-hydrogen) atoms. The van der Waals surface area contributed by atoms with Crippen molar-refractivity contribution in [3.8, 4) is 0 Å². The Morgan fingerprint density at radius 3 is 2.46 bits per heavy atom. The Bertz CT molecular complexity index is 804. The van der Waals surface area contributed by atoms with E-state index in [9.17, 15) is 4.79 Å². The number of likely N-dealkylation sites (N-methyl/N-ethyl adjacent to an activating group) is 1. The van der Waals surface area contributed by atoms with E-state index in [1.54, 1.807) is 24.3 Å². The van der Waals surface area contributed by atoms with Crippen LogP contribution in [0.25, 0.3) is 0 Å². The largest absolute Gasteiger partial charge is 0.397 e. The van der Waals surface area contributed by atoms with Gasteiger partial charge in [-0.3, -0.25) is 4.79 Å². The van der Waals surface area contributed by atoms with Gasteiger partial charge >= 0.3 is 0 Å². The van der Waals surface area contributed by atoms with Gasteiger partial charge in [-0.15, -0.1) is 0 Å². The number of halogens is 2. The summed E-state index contributed by atoms with van der Waals surface area (Å²) in [7, 11) is 0. The van der Waals surface area contributed by atoms with Gasteiger partial charge in [-0.25, -0.2) is 0 Å². The molecule has 2 aromatic rings. The first kappa shape index (κ1) is 18.8. The molecule has 1 heterocycles. The van der Waals surface area contributed by atoms with Gasteiger partial charge in [-0.1, -0.05) is 30.1 Å². The van der Waals surface area contributed by atoms with Gasteiger partial charge in [0, 0.05) is 36.9 Å². The zero-order valence-corrected chi connectivity index (χ0v) is 16.1. The minimum atomic E-state index is -0.296. The highest BCUT2D eigenvalue weighted by Gasteiger charge is 2.18. The van der Waals surface area contributed by atoms with Gasteiger partial charge in [-0.05, 0) is 42.9 Å². The number of nitrogens with zero attached hydrogens (tertiary/aromatic N) is 2. The lowest BCUT2D eigenvalue weighted by Gasteiger charge is -2.36. The Morgan fingerprint density at radius 1 is 1.12 bits per heavy atom. The van der Waals surface area contributed by atoms with E-state index in [1.807, 2.05) is 12.1 Å². The fourth-order valence-electron chi connectivity index (χ4n) is 3.10. The highest BCUT2D eigenvalue weighted by atomic mass is 35.5. The van der Waals surface area contributed by atoms with E-state index in [0.29, 0.717) is 27.0 Å². The average Bonchev–Trinajstić information content (AvgIpc) is 2.62. The first-order chi connectivity index (χ1) is 12.5. The molecule has 1 aliphatic heterocycles. The molecule has 0 unspecified atom stereocenters. The molecular weight excluding hydrogens is 371 g/mol. The number of benzene rings is 2. The standard InChI is InChI=1S/C19H22Cl2N4O/c1-2-24-7-9-25(10-8-24)18-6-4-14(12-17(18)22)23-19(26)15-5-3-13(20)11-16(15)21/h3-6,11-12H,2,7-10,22H2,1H3,(H,23,26). The highest BCUT2D eigenvalue weighted by molar-refractivity contribution is 6.37. The summed E-state index contributed by atoms with van der Waals surface area (Å²) in [6.45, 7) is 7.21. The Labute approximate surface area is 163 Å². The molecular formula is C19H22Cl2N4O. The van der Waals surface area contributed by atoms with Gasteiger partial charge in [0.1, 0.15) is 0 Å². The molecule has 0 saturated carbocycles. The van der Waals surface area contributed by atoms with Crippen molar-refractivity contribution < 1.29 is 4.79 Å². The summed E-state index contributed by atoms with van der Waals surface area (Å²) in [6, 6.07) is 10.4. The van der Waals surface area contributed by atoms with Crippen LogP contribution in [-0.4, -0.2) is 43.5 Å². The van der Waals surface area contributed by atoms with Gasteiger partial charge in [0.25, 0.3) is 5.91 Å². The molecule has 3 N–H and O–H groups in total. The van der Waals surface area contributed by atoms with Gasteiger partial charge < -0.3 is 20.9 Å². The number of amides is 1. The van der Waals surface area contributed by atoms with Gasteiger partial charge in [-0.2, -0.15) is 0 Å². The zero-order valence-electron chi connectivity index (χ0n) is 14.6. The summed E-state index contributed by atoms with van der Waals surface area (Å²) in [5.41, 5.74) is 8.89. The molecule has 0 aromatic heterocycles. The van der Waals surface area contributed by atoms with Crippen LogP contribution < -0.4 is 16.0 Å². The minimum Gasteiger partial charge on any atom is -0.397 e. The lowest BCUT2D eigenvalue weighted by Crippen LogP contribution is -2.46. The maximum atomic E-state index is 12.4. The number of hydrogen-bond donors (Lipinski definition) is 2. The van der Waals surface area contributed by atoms with Crippen molar-refractivity contribution in [3.05, 3.63) is 52.0 Å². The number of rotatable bonds is 4. The van der Waals surface area contributed by atoms with Crippen LogP contribution in [0.1, 0.15) is 17.3 Å². The van der Waals surface area contributed by atoms with Crippen molar-refractivity contribution in [2.75, 3.05) is 48.7 Å². The molecule has 1 amide bonds. The molecule has 0 radical (unpaired) electrons. The zero-order chi connectivity index (χ0) is 18.7. The summed E-state index contributed by atoms with van der Waals surface area (Å²) in [6.07, 6.45) is 0. The van der Waals surface area contributed by atoms with Crippen LogP contribution in [0.15, 0.2) is 36.4 Å². The van der Waals surface area contributed by atoms with Crippen molar-refractivity contribution in [1.82, 2.24) is 4.90 Å². The molecule has 7 heteroatoms. The predicted octanol–water partition coefficient (Wildman–Crippen LogP) is 3.97. The van der Waals surface area contributed by atoms with E-state index < -0.39 is 0 Å². The number of nitrogens with two attached hydrogens (primary N) is 1. The minimum absolute atomic E-state index is 0.296. The number of hydrogen-bond acceptors (Lipinski definition) is 4. The van der Waals surface area contributed by atoms with Crippen molar-refractivity contribution in [1.29, 1.82) is 0 Å². The summed E-state index contributed by atoms with van der Waals surface area (Å²) in [5.74, 6) is -0.296. The van der Waals surface area contributed by atoms with E-state index >= 15 is 0 Å². The van der Waals surface area contributed by atoms with E-state index in [0.717, 1.165) is 38.4 Å². The number of carbonyl (C=O) groups is 1. The molecule has 3 rings (SSSR count). The van der Waals surface area contributed by atoms with Gasteiger partial charge in [0.2, 0.25) is 0 Å². The molecule has 1 aliphatic rings. The number of nitrogen functional groups attached to an aromatic ring is 1. The third kappa shape index (κ3) is 4.23. The first-order valence-electron chi connectivity index (χ1n) is 8.61. The Morgan fingerprint density at radius 2 is 1.85 bits per heavy atom. The summed E-state index contributed by atoms with van der Waals surface area (Å²) >= 11 is 12.0. The van der Waals surface area contributed by atoms with E-state index in [4.69, 9.17) is 28.9 Å². The third-order valence-electron chi connectivity index (χ3n) is 4.62. The SMILES string of the molecule is CCN1CCN(c2ccc(NC(=O)c3ccc(Cl)cc3Cl)cc2N)CC1. The van der Waals surface area contributed by atoms with Crippen LogP contribution in [0.5, 0.6) is 0 Å². The first-order valence-corrected chi connectivity index (χ1v) is 9.36. The van der Waals surface area contributed by atoms with Crippen molar-refractivity contribution >= 4 is 46.2 Å². The monoisotopic (exact) mass is 392 g/mol. The third-order valence-corrected chi connectivity index (χ3v) is 5.17. The molecule has 0 atom stereocenters. The fourth-order valence-corrected chi connectivity index (χ4v) is 3.59. The maximum absolute atomic E-state index is 12.4. The topological polar surface area (TPSA) is 61.6 Å². The molecule has 5 nitrogen and oxygen atoms in total. The molecule has 0 spiro atoms. The van der Waals surface area contributed by atoms with Crippen LogP contribution in [0.2, 0.25) is 10.0 Å². The van der Waals surface area contributed by atoms with Crippen LogP contribution >= 0.6 is 23.2 Å². The van der Waals surface area contributed by atoms with E-state index in [2.05, 4.69) is 22.0 Å². The van der Waals surface area contributed by atoms with Crippen LogP contribution in [-0.2, 0) is 0 Å².